The van der Waals surface area contributed by atoms with Crippen LogP contribution in [0.1, 0.15) is 37.9 Å². The summed E-state index contributed by atoms with van der Waals surface area (Å²) >= 11 is 1.56. The fourth-order valence-corrected chi connectivity index (χ4v) is 3.74. The van der Waals surface area contributed by atoms with Crippen molar-refractivity contribution in [2.24, 2.45) is 0 Å². The zero-order chi connectivity index (χ0) is 16.8. The molecule has 0 bridgehead atoms. The number of imide groups is 1. The van der Waals surface area contributed by atoms with Crippen LogP contribution in [0.15, 0.2) is 5.38 Å². The number of urea groups is 1. The van der Waals surface area contributed by atoms with Gasteiger partial charge in [0.05, 0.1) is 23.7 Å². The third-order valence-corrected chi connectivity index (χ3v) is 5.48. The number of rotatable bonds is 2. The van der Waals surface area contributed by atoms with Gasteiger partial charge in [0.15, 0.2) is 0 Å². The molecule has 3 rings (SSSR count). The SMILES string of the molecule is CC(C)(C)c1nc(CC(=O)N2CC[C@@]3(C2)NC(=O)NC3=O)cs1. The molecule has 2 N–H and O–H groups in total. The van der Waals surface area contributed by atoms with Gasteiger partial charge in [0, 0.05) is 17.3 Å². The second-order valence-electron chi connectivity index (χ2n) is 7.13. The topological polar surface area (TPSA) is 91.4 Å². The van der Waals surface area contributed by atoms with E-state index in [1.807, 2.05) is 5.38 Å². The molecule has 1 aromatic rings. The van der Waals surface area contributed by atoms with Gasteiger partial charge in [-0.25, -0.2) is 9.78 Å². The number of likely N-dealkylation sites (tertiary alicyclic amines) is 1. The van der Waals surface area contributed by atoms with Gasteiger partial charge in [0.25, 0.3) is 5.91 Å². The van der Waals surface area contributed by atoms with E-state index in [1.165, 1.54) is 0 Å². The number of carbonyl (C=O) groups excluding carboxylic acids is 3. The van der Waals surface area contributed by atoms with Crippen molar-refractivity contribution in [1.82, 2.24) is 20.5 Å². The predicted octanol–water partition coefficient (Wildman–Crippen LogP) is 0.794. The highest BCUT2D eigenvalue weighted by Crippen LogP contribution is 2.27. The van der Waals surface area contributed by atoms with Crippen LogP contribution in [0, 0.1) is 0 Å². The van der Waals surface area contributed by atoms with E-state index in [-0.39, 0.29) is 30.2 Å². The summed E-state index contributed by atoms with van der Waals surface area (Å²) < 4.78 is 0. The van der Waals surface area contributed by atoms with Gasteiger partial charge in [0.1, 0.15) is 5.54 Å². The van der Waals surface area contributed by atoms with Crippen molar-refractivity contribution in [2.45, 2.75) is 44.6 Å². The van der Waals surface area contributed by atoms with Crippen molar-refractivity contribution in [3.8, 4) is 0 Å². The molecule has 124 valence electrons. The van der Waals surface area contributed by atoms with Gasteiger partial charge in [-0.05, 0) is 6.42 Å². The fraction of sp³-hybridized carbons (Fsp3) is 0.600. The Morgan fingerprint density at radius 1 is 1.43 bits per heavy atom. The first-order valence-corrected chi connectivity index (χ1v) is 8.44. The van der Waals surface area contributed by atoms with E-state index in [2.05, 4.69) is 36.4 Å². The molecule has 0 saturated carbocycles. The van der Waals surface area contributed by atoms with Crippen molar-refractivity contribution in [3.05, 3.63) is 16.1 Å². The summed E-state index contributed by atoms with van der Waals surface area (Å²) in [4.78, 5) is 41.8. The van der Waals surface area contributed by atoms with Crippen molar-refractivity contribution >= 4 is 29.2 Å². The van der Waals surface area contributed by atoms with Gasteiger partial charge in [-0.1, -0.05) is 20.8 Å². The van der Waals surface area contributed by atoms with E-state index in [0.717, 1.165) is 10.7 Å². The van der Waals surface area contributed by atoms with Gasteiger partial charge in [-0.15, -0.1) is 11.3 Å². The van der Waals surface area contributed by atoms with Crippen LogP contribution in [0.4, 0.5) is 4.79 Å². The monoisotopic (exact) mass is 336 g/mol. The van der Waals surface area contributed by atoms with Gasteiger partial charge < -0.3 is 10.2 Å². The molecule has 2 fully saturated rings. The van der Waals surface area contributed by atoms with E-state index in [4.69, 9.17) is 0 Å². The standard InChI is InChI=1S/C15H20N4O3S/c1-14(2,3)12-16-9(7-23-12)6-10(20)19-5-4-15(8-19)11(21)17-13(22)18-15/h7H,4-6,8H2,1-3H3,(H2,17,18,21,22)/t15-/m0/s1. The molecule has 2 saturated heterocycles. The quantitative estimate of drug-likeness (QED) is 0.781. The predicted molar refractivity (Wildman–Crippen MR) is 85.1 cm³/mol. The maximum atomic E-state index is 12.4. The van der Waals surface area contributed by atoms with Crippen LogP contribution in [0.25, 0.3) is 0 Å². The number of hydrogen-bond acceptors (Lipinski definition) is 5. The summed E-state index contributed by atoms with van der Waals surface area (Å²) in [5, 5.41) is 7.80. The third-order valence-electron chi connectivity index (χ3n) is 4.16. The zero-order valence-corrected chi connectivity index (χ0v) is 14.2. The van der Waals surface area contributed by atoms with Crippen molar-refractivity contribution in [3.63, 3.8) is 0 Å². The first-order chi connectivity index (χ1) is 10.7. The van der Waals surface area contributed by atoms with E-state index >= 15 is 0 Å². The van der Waals surface area contributed by atoms with Crippen LogP contribution in [-0.4, -0.2) is 46.4 Å². The van der Waals surface area contributed by atoms with Crippen LogP contribution < -0.4 is 10.6 Å². The molecule has 0 aliphatic carbocycles. The minimum absolute atomic E-state index is 0.0319. The normalized spacial score (nSPS) is 24.2. The molecule has 3 heterocycles. The van der Waals surface area contributed by atoms with Crippen LogP contribution in [0.2, 0.25) is 0 Å². The molecule has 2 aliphatic heterocycles. The largest absolute Gasteiger partial charge is 0.339 e. The molecule has 0 radical (unpaired) electrons. The average Bonchev–Trinajstić information content (AvgIpc) is 3.10. The Morgan fingerprint density at radius 2 is 2.17 bits per heavy atom. The fourth-order valence-electron chi connectivity index (χ4n) is 2.84. The average molecular weight is 336 g/mol. The van der Waals surface area contributed by atoms with E-state index in [9.17, 15) is 14.4 Å². The number of hydrogen-bond donors (Lipinski definition) is 2. The summed E-state index contributed by atoms with van der Waals surface area (Å²) in [6.07, 6.45) is 0.666. The summed E-state index contributed by atoms with van der Waals surface area (Å²) in [5.41, 5.74) is -0.229. The molecule has 1 spiro atoms. The van der Waals surface area contributed by atoms with Gasteiger partial charge in [-0.2, -0.15) is 0 Å². The highest BCUT2D eigenvalue weighted by Gasteiger charge is 2.51. The van der Waals surface area contributed by atoms with Crippen LogP contribution in [-0.2, 0) is 21.4 Å². The molecule has 2 aliphatic rings. The zero-order valence-electron chi connectivity index (χ0n) is 13.4. The summed E-state index contributed by atoms with van der Waals surface area (Å²) in [5.74, 6) is -0.414. The van der Waals surface area contributed by atoms with Crippen molar-refractivity contribution < 1.29 is 14.4 Å². The van der Waals surface area contributed by atoms with Gasteiger partial charge in [-0.3, -0.25) is 14.9 Å². The molecule has 1 aromatic heterocycles. The van der Waals surface area contributed by atoms with Gasteiger partial charge >= 0.3 is 6.03 Å². The minimum atomic E-state index is -0.953. The van der Waals surface area contributed by atoms with Crippen molar-refractivity contribution in [1.29, 1.82) is 0 Å². The highest BCUT2D eigenvalue weighted by atomic mass is 32.1. The molecule has 8 heteroatoms. The smallest absolute Gasteiger partial charge is 0.322 e. The van der Waals surface area contributed by atoms with Crippen LogP contribution in [0.3, 0.4) is 0 Å². The summed E-state index contributed by atoms with van der Waals surface area (Å²) in [6, 6.07) is -0.487. The molecular weight excluding hydrogens is 316 g/mol. The Bertz CT molecular complexity index is 679. The van der Waals surface area contributed by atoms with E-state index in [1.54, 1.807) is 16.2 Å². The lowest BCUT2D eigenvalue weighted by Gasteiger charge is -2.20. The molecular formula is C15H20N4O3S. The first-order valence-electron chi connectivity index (χ1n) is 7.56. The second kappa shape index (κ2) is 5.30. The Labute approximate surface area is 138 Å². The molecule has 0 aromatic carbocycles. The maximum absolute atomic E-state index is 12.4. The number of nitrogens with one attached hydrogen (secondary N) is 2. The highest BCUT2D eigenvalue weighted by molar-refractivity contribution is 7.09. The Balaban J connectivity index is 1.65. The molecule has 23 heavy (non-hydrogen) atoms. The van der Waals surface area contributed by atoms with Crippen LogP contribution in [0.5, 0.6) is 0 Å². The second-order valence-corrected chi connectivity index (χ2v) is 7.98. The molecule has 7 nitrogen and oxygen atoms in total. The molecule has 4 amide bonds. The first kappa shape index (κ1) is 15.9. The lowest BCUT2D eigenvalue weighted by Crippen LogP contribution is -2.49. The minimum Gasteiger partial charge on any atom is -0.339 e. The number of nitrogens with zero attached hydrogens (tertiary/aromatic N) is 2. The number of amides is 4. The Kier molecular flexibility index (Phi) is 3.66. The number of thiazole rings is 1. The number of carbonyl (C=O) groups is 3. The number of aromatic nitrogens is 1. The third kappa shape index (κ3) is 2.95. The molecule has 1 atom stereocenters. The molecule has 0 unspecified atom stereocenters. The van der Waals surface area contributed by atoms with Crippen molar-refractivity contribution in [2.75, 3.05) is 13.1 Å². The Morgan fingerprint density at radius 3 is 2.74 bits per heavy atom. The van der Waals surface area contributed by atoms with Crippen LogP contribution >= 0.6 is 11.3 Å². The Hall–Kier alpha value is -1.96. The van der Waals surface area contributed by atoms with Gasteiger partial charge in [0.2, 0.25) is 5.91 Å². The van der Waals surface area contributed by atoms with E-state index in [0.29, 0.717) is 13.0 Å². The van der Waals surface area contributed by atoms with E-state index < -0.39 is 11.6 Å². The lowest BCUT2D eigenvalue weighted by atomic mass is 9.98. The summed E-state index contributed by atoms with van der Waals surface area (Å²) in [6.45, 7) is 6.94. The summed E-state index contributed by atoms with van der Waals surface area (Å²) in [7, 11) is 0. The maximum Gasteiger partial charge on any atom is 0.322 e. The lowest BCUT2D eigenvalue weighted by molar-refractivity contribution is -0.130.